The Balaban J connectivity index is 1.68. The van der Waals surface area contributed by atoms with E-state index in [0.29, 0.717) is 19.4 Å². The van der Waals surface area contributed by atoms with Crippen molar-refractivity contribution >= 4 is 17.0 Å². The topological polar surface area (TPSA) is 81.2 Å². The molecule has 0 aromatic carbocycles. The molecule has 1 unspecified atom stereocenters. The minimum absolute atomic E-state index is 0.0407. The third kappa shape index (κ3) is 3.70. The number of hydrogen-bond donors (Lipinski definition) is 0. The molecule has 31 heavy (non-hydrogen) atoms. The maximum atomic E-state index is 13.7. The summed E-state index contributed by atoms with van der Waals surface area (Å²) in [6.07, 6.45) is -3.44. The zero-order valence-electron chi connectivity index (χ0n) is 17.3. The molecule has 1 fully saturated rings. The second kappa shape index (κ2) is 7.51. The van der Waals surface area contributed by atoms with Gasteiger partial charge in [0.25, 0.3) is 17.2 Å². The molecule has 0 radical (unpaired) electrons. The van der Waals surface area contributed by atoms with Crippen LogP contribution < -0.4 is 5.56 Å². The Bertz CT molecular complexity index is 1230. The van der Waals surface area contributed by atoms with Crippen LogP contribution in [0, 0.1) is 13.8 Å². The van der Waals surface area contributed by atoms with Gasteiger partial charge in [0.05, 0.1) is 22.3 Å². The third-order valence-electron chi connectivity index (χ3n) is 5.85. The molecule has 0 bridgehead atoms. The summed E-state index contributed by atoms with van der Waals surface area (Å²) < 4.78 is 47.4. The average molecular weight is 434 g/mol. The molecule has 1 saturated heterocycles. The number of piperidine rings is 1. The largest absolute Gasteiger partial charge is 0.417 e. The van der Waals surface area contributed by atoms with Crippen LogP contribution in [0.4, 0.5) is 13.2 Å². The van der Waals surface area contributed by atoms with Crippen LogP contribution in [-0.4, -0.2) is 38.6 Å². The molecule has 10 heteroatoms. The number of amides is 1. The van der Waals surface area contributed by atoms with E-state index < -0.39 is 29.1 Å². The third-order valence-corrected chi connectivity index (χ3v) is 5.85. The second-order valence-electron chi connectivity index (χ2n) is 7.88. The van der Waals surface area contributed by atoms with Crippen molar-refractivity contribution in [3.05, 3.63) is 56.8 Å². The first kappa shape index (κ1) is 21.1. The van der Waals surface area contributed by atoms with Crippen LogP contribution in [0.15, 0.2) is 27.5 Å². The summed E-state index contributed by atoms with van der Waals surface area (Å²) in [4.78, 5) is 31.2. The number of halogens is 3. The van der Waals surface area contributed by atoms with E-state index in [0.717, 1.165) is 11.8 Å². The Labute approximate surface area is 175 Å². The Morgan fingerprint density at radius 2 is 2.00 bits per heavy atom. The minimum Gasteiger partial charge on any atom is -0.338 e. The number of alkyl halides is 3. The predicted molar refractivity (Wildman–Crippen MR) is 106 cm³/mol. The van der Waals surface area contributed by atoms with Crippen molar-refractivity contribution in [3.8, 4) is 0 Å². The fraction of sp³-hybridized carbons (Fsp3) is 0.429. The number of aromatic nitrogens is 3. The summed E-state index contributed by atoms with van der Waals surface area (Å²) in [7, 11) is 1.59. The number of fused-ring (bicyclic) bond motifs is 1. The van der Waals surface area contributed by atoms with Gasteiger partial charge in [-0.15, -0.1) is 0 Å². The van der Waals surface area contributed by atoms with Crippen molar-refractivity contribution in [1.29, 1.82) is 0 Å². The van der Waals surface area contributed by atoms with E-state index in [9.17, 15) is 22.8 Å². The van der Waals surface area contributed by atoms with Crippen LogP contribution >= 0.6 is 0 Å². The van der Waals surface area contributed by atoms with E-state index in [-0.39, 0.29) is 34.6 Å². The molecule has 0 N–H and O–H groups in total. The highest BCUT2D eigenvalue weighted by atomic mass is 19.4. The Kier molecular flexibility index (Phi) is 5.10. The molecule has 1 amide bonds. The molecular formula is C21H21F3N4O3. The molecule has 3 aromatic heterocycles. The van der Waals surface area contributed by atoms with Crippen LogP contribution in [0.1, 0.15) is 51.8 Å². The van der Waals surface area contributed by atoms with E-state index in [2.05, 4.69) is 10.1 Å². The van der Waals surface area contributed by atoms with Crippen LogP contribution in [0.2, 0.25) is 0 Å². The lowest BCUT2D eigenvalue weighted by atomic mass is 9.92. The highest BCUT2D eigenvalue weighted by Gasteiger charge is 2.37. The summed E-state index contributed by atoms with van der Waals surface area (Å²) in [5, 5.41) is 3.48. The van der Waals surface area contributed by atoms with E-state index in [1.807, 2.05) is 0 Å². The van der Waals surface area contributed by atoms with Gasteiger partial charge in [0, 0.05) is 31.7 Å². The van der Waals surface area contributed by atoms with Crippen LogP contribution in [0.3, 0.4) is 0 Å². The van der Waals surface area contributed by atoms with Crippen LogP contribution in [-0.2, 0) is 13.2 Å². The smallest absolute Gasteiger partial charge is 0.338 e. The fourth-order valence-corrected chi connectivity index (χ4v) is 4.01. The maximum absolute atomic E-state index is 13.7. The lowest BCUT2D eigenvalue weighted by Crippen LogP contribution is -2.42. The van der Waals surface area contributed by atoms with Crippen molar-refractivity contribution < 1.29 is 22.5 Å². The van der Waals surface area contributed by atoms with Gasteiger partial charge in [-0.25, -0.2) is 4.98 Å². The quantitative estimate of drug-likeness (QED) is 0.616. The molecule has 164 valence electrons. The lowest BCUT2D eigenvalue weighted by molar-refractivity contribution is -0.136. The second-order valence-corrected chi connectivity index (χ2v) is 7.88. The molecular weight excluding hydrogens is 413 g/mol. The van der Waals surface area contributed by atoms with Crippen LogP contribution in [0.25, 0.3) is 11.1 Å². The van der Waals surface area contributed by atoms with Gasteiger partial charge in [0.2, 0.25) is 0 Å². The molecule has 1 aliphatic heterocycles. The number of nitrogens with zero attached hydrogens (tertiary/aromatic N) is 4. The maximum Gasteiger partial charge on any atom is 0.417 e. The Morgan fingerprint density at radius 1 is 1.26 bits per heavy atom. The minimum atomic E-state index is -4.59. The van der Waals surface area contributed by atoms with Gasteiger partial charge in [0.1, 0.15) is 5.56 Å². The number of carbonyl (C=O) groups excluding carboxylic acids is 1. The van der Waals surface area contributed by atoms with Crippen molar-refractivity contribution in [1.82, 2.24) is 19.6 Å². The molecule has 3 aromatic rings. The number of rotatable bonds is 2. The fourth-order valence-electron chi connectivity index (χ4n) is 4.01. The Morgan fingerprint density at radius 3 is 2.71 bits per heavy atom. The van der Waals surface area contributed by atoms with Gasteiger partial charge in [-0.3, -0.25) is 9.59 Å². The standard InChI is InChI=1S/C21H21F3N4O3/c1-11-6-7-14(19(29)27(11)3)20(30)28-8-4-5-13(10-28)16-9-15(21(22,23)24)17-12(2)26-31-18(17)25-16/h6-7,9,13H,4-5,8,10H2,1-3H3. The molecule has 0 aliphatic carbocycles. The van der Waals surface area contributed by atoms with Gasteiger partial charge in [-0.2, -0.15) is 13.2 Å². The van der Waals surface area contributed by atoms with Crippen molar-refractivity contribution in [2.75, 3.05) is 13.1 Å². The first-order valence-electron chi connectivity index (χ1n) is 9.88. The van der Waals surface area contributed by atoms with E-state index in [1.54, 1.807) is 20.0 Å². The van der Waals surface area contributed by atoms with Gasteiger partial charge in [0.15, 0.2) is 0 Å². The number of aryl methyl sites for hydroxylation is 2. The average Bonchev–Trinajstić information content (AvgIpc) is 3.11. The molecule has 7 nitrogen and oxygen atoms in total. The highest BCUT2D eigenvalue weighted by molar-refractivity contribution is 5.94. The number of pyridine rings is 2. The van der Waals surface area contributed by atoms with E-state index >= 15 is 0 Å². The van der Waals surface area contributed by atoms with Crippen LogP contribution in [0.5, 0.6) is 0 Å². The summed E-state index contributed by atoms with van der Waals surface area (Å²) in [6, 6.07) is 4.20. The number of hydrogen-bond acceptors (Lipinski definition) is 5. The monoisotopic (exact) mass is 434 g/mol. The SMILES string of the molecule is Cc1noc2nc(C3CCCN(C(=O)c4ccc(C)n(C)c4=O)C3)cc(C(F)(F)F)c12. The number of likely N-dealkylation sites (tertiary alicyclic amines) is 1. The predicted octanol–water partition coefficient (Wildman–Crippen LogP) is 3.58. The first-order valence-corrected chi connectivity index (χ1v) is 9.88. The molecule has 0 saturated carbocycles. The van der Waals surface area contributed by atoms with Gasteiger partial charge >= 0.3 is 6.18 Å². The molecule has 4 rings (SSSR count). The molecule has 0 spiro atoms. The zero-order valence-corrected chi connectivity index (χ0v) is 17.3. The van der Waals surface area contributed by atoms with Gasteiger partial charge in [-0.05, 0) is 44.9 Å². The summed E-state index contributed by atoms with van der Waals surface area (Å²) in [5.74, 6) is -0.846. The molecule has 1 aliphatic rings. The van der Waals surface area contributed by atoms with Gasteiger partial charge in [-0.1, -0.05) is 5.16 Å². The summed E-state index contributed by atoms with van der Waals surface area (Å²) in [5.41, 5.74) is -0.331. The Hall–Kier alpha value is -3.17. The van der Waals surface area contributed by atoms with Crippen molar-refractivity contribution in [3.63, 3.8) is 0 Å². The highest BCUT2D eigenvalue weighted by Crippen LogP contribution is 2.38. The lowest BCUT2D eigenvalue weighted by Gasteiger charge is -2.32. The number of carbonyl (C=O) groups is 1. The first-order chi connectivity index (χ1) is 14.6. The van der Waals surface area contributed by atoms with Gasteiger partial charge < -0.3 is 14.0 Å². The van der Waals surface area contributed by atoms with E-state index in [1.165, 1.54) is 22.5 Å². The molecule has 4 heterocycles. The normalized spacial score (nSPS) is 17.4. The molecule has 1 atom stereocenters. The van der Waals surface area contributed by atoms with Crippen molar-refractivity contribution in [2.24, 2.45) is 7.05 Å². The van der Waals surface area contributed by atoms with E-state index in [4.69, 9.17) is 4.52 Å². The summed E-state index contributed by atoms with van der Waals surface area (Å²) >= 11 is 0. The zero-order chi connectivity index (χ0) is 22.5. The van der Waals surface area contributed by atoms with Crippen molar-refractivity contribution in [2.45, 2.75) is 38.8 Å². The summed E-state index contributed by atoms with van der Waals surface area (Å²) in [6.45, 7) is 3.78.